The topological polar surface area (TPSA) is 86.7 Å². The van der Waals surface area contributed by atoms with Crippen molar-refractivity contribution in [3.8, 4) is 0 Å². The molecule has 1 heterocycles. The molecule has 7 heteroatoms. The third kappa shape index (κ3) is 3.15. The number of carbonyl (C=O) groups is 1. The largest absolute Gasteiger partial charge is 0.481 e. The number of nitrogens with zero attached hydrogens (tertiary/aromatic N) is 1. The number of likely N-dealkylation sites (N-methyl/N-ethyl adjacent to an activating group) is 1. The van der Waals surface area contributed by atoms with Crippen molar-refractivity contribution in [1.29, 1.82) is 0 Å². The number of carboxylic acid groups (broad SMARTS) is 1. The van der Waals surface area contributed by atoms with Crippen molar-refractivity contribution in [3.05, 3.63) is 0 Å². The SMILES string of the molecule is CCN(C1CNC1)S(=O)(=O)CCC(=O)O. The molecule has 15 heavy (non-hydrogen) atoms. The van der Waals surface area contributed by atoms with Gasteiger partial charge in [-0.05, 0) is 0 Å². The Morgan fingerprint density at radius 2 is 2.13 bits per heavy atom. The Hall–Kier alpha value is -0.660. The van der Waals surface area contributed by atoms with Crippen LogP contribution in [0.3, 0.4) is 0 Å². The molecule has 1 rings (SSSR count). The second-order valence-electron chi connectivity index (χ2n) is 3.48. The second-order valence-corrected chi connectivity index (χ2v) is 5.52. The molecule has 0 radical (unpaired) electrons. The molecule has 0 aromatic carbocycles. The molecule has 88 valence electrons. The van der Waals surface area contributed by atoms with Gasteiger partial charge >= 0.3 is 5.97 Å². The second kappa shape index (κ2) is 4.91. The summed E-state index contributed by atoms with van der Waals surface area (Å²) in [4.78, 5) is 10.3. The summed E-state index contributed by atoms with van der Waals surface area (Å²) >= 11 is 0. The number of nitrogens with one attached hydrogen (secondary N) is 1. The smallest absolute Gasteiger partial charge is 0.304 e. The summed E-state index contributed by atoms with van der Waals surface area (Å²) in [6.07, 6.45) is -0.334. The van der Waals surface area contributed by atoms with Crippen molar-refractivity contribution in [2.24, 2.45) is 0 Å². The van der Waals surface area contributed by atoms with Gasteiger partial charge in [-0.15, -0.1) is 0 Å². The normalized spacial score (nSPS) is 17.7. The Labute approximate surface area is 89.3 Å². The molecular weight excluding hydrogens is 220 g/mol. The maximum atomic E-state index is 11.7. The molecule has 1 fully saturated rings. The van der Waals surface area contributed by atoms with Crippen LogP contribution in [-0.2, 0) is 14.8 Å². The van der Waals surface area contributed by atoms with Crippen LogP contribution in [0.1, 0.15) is 13.3 Å². The van der Waals surface area contributed by atoms with Crippen LogP contribution in [0.4, 0.5) is 0 Å². The van der Waals surface area contributed by atoms with Crippen LogP contribution in [0.5, 0.6) is 0 Å². The fraction of sp³-hybridized carbons (Fsp3) is 0.875. The van der Waals surface area contributed by atoms with Gasteiger partial charge in [0.2, 0.25) is 10.0 Å². The first-order valence-corrected chi connectivity index (χ1v) is 6.50. The first-order chi connectivity index (χ1) is 6.97. The third-order valence-electron chi connectivity index (χ3n) is 2.41. The monoisotopic (exact) mass is 236 g/mol. The summed E-state index contributed by atoms with van der Waals surface area (Å²) in [5.74, 6) is -1.39. The van der Waals surface area contributed by atoms with E-state index in [1.807, 2.05) is 0 Å². The van der Waals surface area contributed by atoms with E-state index in [9.17, 15) is 13.2 Å². The van der Waals surface area contributed by atoms with E-state index in [1.165, 1.54) is 4.31 Å². The number of hydrogen-bond acceptors (Lipinski definition) is 4. The van der Waals surface area contributed by atoms with Gasteiger partial charge in [-0.2, -0.15) is 4.31 Å². The molecule has 1 saturated heterocycles. The van der Waals surface area contributed by atoms with Crippen molar-refractivity contribution < 1.29 is 18.3 Å². The molecule has 1 aliphatic rings. The molecular formula is C8H16N2O4S. The fourth-order valence-electron chi connectivity index (χ4n) is 1.49. The average molecular weight is 236 g/mol. The van der Waals surface area contributed by atoms with Crippen LogP contribution in [0, 0.1) is 0 Å². The number of carboxylic acids is 1. The van der Waals surface area contributed by atoms with Gasteiger partial charge in [0, 0.05) is 25.7 Å². The molecule has 0 saturated carbocycles. The van der Waals surface area contributed by atoms with Gasteiger partial charge < -0.3 is 10.4 Å². The van der Waals surface area contributed by atoms with E-state index in [0.717, 1.165) is 0 Å². The van der Waals surface area contributed by atoms with Crippen LogP contribution in [0.25, 0.3) is 0 Å². The lowest BCUT2D eigenvalue weighted by Crippen LogP contribution is -2.59. The molecule has 0 aromatic rings. The van der Waals surface area contributed by atoms with E-state index in [0.29, 0.717) is 19.6 Å². The molecule has 0 aliphatic carbocycles. The highest BCUT2D eigenvalue weighted by molar-refractivity contribution is 7.89. The van der Waals surface area contributed by atoms with Crippen molar-refractivity contribution in [3.63, 3.8) is 0 Å². The summed E-state index contributed by atoms with van der Waals surface area (Å²) < 4.78 is 24.9. The van der Waals surface area contributed by atoms with Crippen LogP contribution < -0.4 is 5.32 Å². The van der Waals surface area contributed by atoms with Crippen molar-refractivity contribution in [1.82, 2.24) is 9.62 Å². The van der Waals surface area contributed by atoms with E-state index in [1.54, 1.807) is 6.92 Å². The summed E-state index contributed by atoms with van der Waals surface area (Å²) in [5, 5.41) is 11.4. The predicted octanol–water partition coefficient (Wildman–Crippen LogP) is -0.915. The highest BCUT2D eigenvalue weighted by atomic mass is 32.2. The minimum absolute atomic E-state index is 0.00575. The minimum atomic E-state index is -3.42. The molecule has 2 N–H and O–H groups in total. The molecule has 0 atom stereocenters. The number of aliphatic carboxylic acids is 1. The fourth-order valence-corrected chi connectivity index (χ4v) is 3.16. The third-order valence-corrected chi connectivity index (χ3v) is 4.40. The van der Waals surface area contributed by atoms with Gasteiger partial charge in [0.1, 0.15) is 0 Å². The molecule has 0 unspecified atom stereocenters. The molecule has 0 spiro atoms. The Morgan fingerprint density at radius 1 is 1.53 bits per heavy atom. The minimum Gasteiger partial charge on any atom is -0.481 e. The Kier molecular flexibility index (Phi) is 4.06. The molecule has 0 amide bonds. The summed E-state index contributed by atoms with van der Waals surface area (Å²) in [5.41, 5.74) is 0. The van der Waals surface area contributed by atoms with Crippen molar-refractivity contribution in [2.45, 2.75) is 19.4 Å². The Balaban J connectivity index is 2.60. The Morgan fingerprint density at radius 3 is 2.47 bits per heavy atom. The summed E-state index contributed by atoms with van der Waals surface area (Å²) in [7, 11) is -3.42. The zero-order valence-electron chi connectivity index (χ0n) is 8.64. The van der Waals surface area contributed by atoms with Crippen LogP contribution in [0.2, 0.25) is 0 Å². The quantitative estimate of drug-likeness (QED) is 0.623. The lowest BCUT2D eigenvalue weighted by molar-refractivity contribution is -0.136. The molecule has 1 aliphatic heterocycles. The lowest BCUT2D eigenvalue weighted by Gasteiger charge is -2.36. The lowest BCUT2D eigenvalue weighted by atomic mass is 10.2. The maximum absolute atomic E-state index is 11.7. The zero-order chi connectivity index (χ0) is 11.5. The first-order valence-electron chi connectivity index (χ1n) is 4.89. The predicted molar refractivity (Wildman–Crippen MR) is 55.1 cm³/mol. The molecule has 0 aromatic heterocycles. The number of hydrogen-bond donors (Lipinski definition) is 2. The average Bonchev–Trinajstić information content (AvgIpc) is 2.07. The van der Waals surface area contributed by atoms with Gasteiger partial charge in [-0.25, -0.2) is 8.42 Å². The van der Waals surface area contributed by atoms with E-state index in [4.69, 9.17) is 5.11 Å². The van der Waals surface area contributed by atoms with Gasteiger partial charge in [0.05, 0.1) is 12.2 Å². The van der Waals surface area contributed by atoms with Gasteiger partial charge in [-0.1, -0.05) is 6.92 Å². The first kappa shape index (κ1) is 12.4. The number of rotatable bonds is 6. The van der Waals surface area contributed by atoms with E-state index in [-0.39, 0.29) is 18.2 Å². The van der Waals surface area contributed by atoms with Crippen molar-refractivity contribution in [2.75, 3.05) is 25.4 Å². The number of sulfonamides is 1. The maximum Gasteiger partial charge on any atom is 0.304 e. The molecule has 6 nitrogen and oxygen atoms in total. The standard InChI is InChI=1S/C8H16N2O4S/c1-2-10(7-5-9-6-7)15(13,14)4-3-8(11)12/h7,9H,2-6H2,1H3,(H,11,12). The van der Waals surface area contributed by atoms with Crippen LogP contribution in [0.15, 0.2) is 0 Å². The van der Waals surface area contributed by atoms with Crippen LogP contribution >= 0.6 is 0 Å². The highest BCUT2D eigenvalue weighted by Crippen LogP contribution is 2.12. The van der Waals surface area contributed by atoms with E-state index < -0.39 is 16.0 Å². The zero-order valence-corrected chi connectivity index (χ0v) is 9.46. The summed E-state index contributed by atoms with van der Waals surface area (Å²) in [6.45, 7) is 3.46. The Bertz CT molecular complexity index is 324. The van der Waals surface area contributed by atoms with E-state index >= 15 is 0 Å². The summed E-state index contributed by atoms with van der Waals surface area (Å²) in [6, 6.07) is -0.00575. The van der Waals surface area contributed by atoms with Gasteiger partial charge in [-0.3, -0.25) is 4.79 Å². The van der Waals surface area contributed by atoms with E-state index in [2.05, 4.69) is 5.32 Å². The molecule has 0 bridgehead atoms. The van der Waals surface area contributed by atoms with Crippen molar-refractivity contribution >= 4 is 16.0 Å². The highest BCUT2D eigenvalue weighted by Gasteiger charge is 2.32. The van der Waals surface area contributed by atoms with Gasteiger partial charge in [0.25, 0.3) is 0 Å². The van der Waals surface area contributed by atoms with Crippen LogP contribution in [-0.4, -0.2) is 55.2 Å². The van der Waals surface area contributed by atoms with Gasteiger partial charge in [0.15, 0.2) is 0 Å².